The van der Waals surface area contributed by atoms with Gasteiger partial charge in [-0.25, -0.2) is 12.7 Å². The predicted molar refractivity (Wildman–Crippen MR) is 90.2 cm³/mol. The van der Waals surface area contributed by atoms with Gasteiger partial charge in [0.1, 0.15) is 11.5 Å². The van der Waals surface area contributed by atoms with Crippen LogP contribution in [0.3, 0.4) is 0 Å². The molecule has 0 saturated heterocycles. The third-order valence-corrected chi connectivity index (χ3v) is 5.79. The van der Waals surface area contributed by atoms with E-state index in [0.717, 1.165) is 23.0 Å². The molecule has 126 valence electrons. The van der Waals surface area contributed by atoms with Crippen molar-refractivity contribution in [2.45, 2.75) is 17.6 Å². The number of aryl methyl sites for hydroxylation is 1. The van der Waals surface area contributed by atoms with E-state index in [9.17, 15) is 8.42 Å². The average Bonchev–Trinajstić information content (AvgIpc) is 2.93. The van der Waals surface area contributed by atoms with Gasteiger partial charge in [-0.2, -0.15) is 11.8 Å². The molecule has 0 unspecified atom stereocenters. The Labute approximate surface area is 140 Å². The fraction of sp³-hybridized carbons (Fsp3) is 0.400. The number of ether oxygens (including phenoxy) is 1. The van der Waals surface area contributed by atoms with E-state index in [1.807, 2.05) is 13.0 Å². The molecular formula is C15H20N2O4S2. The molecule has 1 aromatic carbocycles. The van der Waals surface area contributed by atoms with E-state index in [2.05, 4.69) is 5.16 Å². The lowest BCUT2D eigenvalue weighted by atomic mass is 10.3. The predicted octanol–water partition coefficient (Wildman–Crippen LogP) is 2.55. The highest BCUT2D eigenvalue weighted by Crippen LogP contribution is 2.19. The molecule has 0 aliphatic rings. The number of benzene rings is 1. The first-order valence-corrected chi connectivity index (χ1v) is 9.64. The molecule has 0 spiro atoms. The van der Waals surface area contributed by atoms with Crippen molar-refractivity contribution in [3.8, 4) is 5.75 Å². The summed E-state index contributed by atoms with van der Waals surface area (Å²) in [7, 11) is -0.380. The van der Waals surface area contributed by atoms with Crippen LogP contribution in [0.2, 0.25) is 0 Å². The highest BCUT2D eigenvalue weighted by Gasteiger charge is 2.16. The topological polar surface area (TPSA) is 72.6 Å². The van der Waals surface area contributed by atoms with Crippen molar-refractivity contribution in [1.82, 2.24) is 9.46 Å². The molecule has 2 rings (SSSR count). The Bertz CT molecular complexity index is 724. The monoisotopic (exact) mass is 356 g/mol. The van der Waals surface area contributed by atoms with Crippen LogP contribution in [-0.2, 0) is 15.8 Å². The van der Waals surface area contributed by atoms with Crippen molar-refractivity contribution in [2.24, 2.45) is 0 Å². The Kier molecular flexibility index (Phi) is 6.09. The van der Waals surface area contributed by atoms with Crippen LogP contribution in [0.4, 0.5) is 0 Å². The zero-order valence-electron chi connectivity index (χ0n) is 13.4. The summed E-state index contributed by atoms with van der Waals surface area (Å²) in [4.78, 5) is 0.255. The number of sulfonamides is 1. The van der Waals surface area contributed by atoms with Gasteiger partial charge in [-0.3, -0.25) is 0 Å². The van der Waals surface area contributed by atoms with Gasteiger partial charge in [0.25, 0.3) is 0 Å². The van der Waals surface area contributed by atoms with Crippen LogP contribution in [-0.4, -0.2) is 44.3 Å². The van der Waals surface area contributed by atoms with Gasteiger partial charge in [-0.05, 0) is 31.2 Å². The maximum atomic E-state index is 11.9. The molecule has 0 atom stereocenters. The van der Waals surface area contributed by atoms with Crippen LogP contribution in [0.15, 0.2) is 39.8 Å². The summed E-state index contributed by atoms with van der Waals surface area (Å²) in [5.41, 5.74) is 0.879. The first kappa shape index (κ1) is 17.8. The van der Waals surface area contributed by atoms with Gasteiger partial charge in [0.05, 0.1) is 22.9 Å². The first-order chi connectivity index (χ1) is 10.9. The minimum Gasteiger partial charge on any atom is -0.493 e. The van der Waals surface area contributed by atoms with E-state index in [0.29, 0.717) is 12.4 Å². The largest absolute Gasteiger partial charge is 0.493 e. The Morgan fingerprint density at radius 2 is 1.96 bits per heavy atom. The van der Waals surface area contributed by atoms with Crippen molar-refractivity contribution in [1.29, 1.82) is 0 Å². The average molecular weight is 356 g/mol. The molecule has 0 saturated carbocycles. The lowest BCUT2D eigenvalue weighted by Gasteiger charge is -2.12. The minimum absolute atomic E-state index is 0.255. The molecule has 0 aliphatic carbocycles. The number of aromatic nitrogens is 1. The lowest BCUT2D eigenvalue weighted by Crippen LogP contribution is -2.22. The van der Waals surface area contributed by atoms with Gasteiger partial charge >= 0.3 is 0 Å². The number of rotatable bonds is 8. The maximum absolute atomic E-state index is 11.9. The van der Waals surface area contributed by atoms with E-state index < -0.39 is 10.0 Å². The van der Waals surface area contributed by atoms with Crippen LogP contribution < -0.4 is 4.74 Å². The van der Waals surface area contributed by atoms with Crippen LogP contribution >= 0.6 is 11.8 Å². The van der Waals surface area contributed by atoms with Crippen LogP contribution in [0.25, 0.3) is 0 Å². The first-order valence-electron chi connectivity index (χ1n) is 7.05. The Morgan fingerprint density at radius 3 is 2.52 bits per heavy atom. The summed E-state index contributed by atoms with van der Waals surface area (Å²) in [6, 6.07) is 8.35. The summed E-state index contributed by atoms with van der Waals surface area (Å²) >= 11 is 1.69. The van der Waals surface area contributed by atoms with Gasteiger partial charge in [-0.1, -0.05) is 5.16 Å². The quantitative estimate of drug-likeness (QED) is 0.677. The van der Waals surface area contributed by atoms with Crippen molar-refractivity contribution >= 4 is 21.8 Å². The van der Waals surface area contributed by atoms with Crippen molar-refractivity contribution in [3.63, 3.8) is 0 Å². The fourth-order valence-corrected chi connectivity index (χ4v) is 3.38. The number of nitrogens with zero attached hydrogens (tertiary/aromatic N) is 2. The highest BCUT2D eigenvalue weighted by atomic mass is 32.2. The molecule has 2 aromatic rings. The summed E-state index contributed by atoms with van der Waals surface area (Å²) in [6.45, 7) is 2.43. The second kappa shape index (κ2) is 7.85. The van der Waals surface area contributed by atoms with E-state index in [-0.39, 0.29) is 4.90 Å². The summed E-state index contributed by atoms with van der Waals surface area (Å²) in [6.07, 6.45) is 0. The Balaban J connectivity index is 1.76. The standard InChI is InChI=1S/C15H20N2O4S2/c1-12-10-14(21-16-12)11-22-9-8-20-13-4-6-15(7-5-13)23(18,19)17(2)3/h4-7,10H,8-9,11H2,1-3H3. The fourth-order valence-electron chi connectivity index (χ4n) is 1.79. The Morgan fingerprint density at radius 1 is 1.26 bits per heavy atom. The van der Waals surface area contributed by atoms with Crippen LogP contribution in [0, 0.1) is 6.92 Å². The van der Waals surface area contributed by atoms with Gasteiger partial charge in [-0.15, -0.1) is 0 Å². The summed E-state index contributed by atoms with van der Waals surface area (Å²) in [5.74, 6) is 3.06. The molecule has 0 amide bonds. The molecule has 23 heavy (non-hydrogen) atoms. The second-order valence-electron chi connectivity index (χ2n) is 5.09. The lowest BCUT2D eigenvalue weighted by molar-refractivity contribution is 0.343. The molecule has 0 bridgehead atoms. The van der Waals surface area contributed by atoms with E-state index >= 15 is 0 Å². The van der Waals surface area contributed by atoms with Gasteiger partial charge < -0.3 is 9.26 Å². The molecular weight excluding hydrogens is 336 g/mol. The molecule has 1 aromatic heterocycles. The van der Waals surface area contributed by atoms with Gasteiger partial charge in [0, 0.05) is 25.9 Å². The second-order valence-corrected chi connectivity index (χ2v) is 8.35. The van der Waals surface area contributed by atoms with Crippen LogP contribution in [0.5, 0.6) is 5.75 Å². The van der Waals surface area contributed by atoms with Gasteiger partial charge in [0.15, 0.2) is 0 Å². The third-order valence-electron chi connectivity index (χ3n) is 3.02. The number of hydrogen-bond acceptors (Lipinski definition) is 6. The van der Waals surface area contributed by atoms with E-state index in [4.69, 9.17) is 9.26 Å². The number of thioether (sulfide) groups is 1. The molecule has 0 fully saturated rings. The van der Waals surface area contributed by atoms with E-state index in [1.54, 1.807) is 36.0 Å². The smallest absolute Gasteiger partial charge is 0.242 e. The molecule has 0 aliphatic heterocycles. The van der Waals surface area contributed by atoms with Crippen molar-refractivity contribution in [3.05, 3.63) is 41.8 Å². The third kappa shape index (κ3) is 4.98. The molecule has 8 heteroatoms. The molecule has 6 nitrogen and oxygen atoms in total. The van der Waals surface area contributed by atoms with Crippen molar-refractivity contribution in [2.75, 3.05) is 26.5 Å². The normalized spacial score (nSPS) is 11.8. The van der Waals surface area contributed by atoms with Crippen molar-refractivity contribution < 1.29 is 17.7 Å². The highest BCUT2D eigenvalue weighted by molar-refractivity contribution is 7.98. The SMILES string of the molecule is Cc1cc(CSCCOc2ccc(S(=O)(=O)N(C)C)cc2)on1. The molecule has 0 N–H and O–H groups in total. The molecule has 0 radical (unpaired) electrons. The maximum Gasteiger partial charge on any atom is 0.242 e. The minimum atomic E-state index is -3.39. The van der Waals surface area contributed by atoms with E-state index in [1.165, 1.54) is 18.4 Å². The van der Waals surface area contributed by atoms with Crippen LogP contribution in [0.1, 0.15) is 11.5 Å². The zero-order chi connectivity index (χ0) is 16.9. The Hall–Kier alpha value is -1.51. The number of hydrogen-bond donors (Lipinski definition) is 0. The van der Waals surface area contributed by atoms with Gasteiger partial charge in [0.2, 0.25) is 10.0 Å². The zero-order valence-corrected chi connectivity index (χ0v) is 15.0. The summed E-state index contributed by atoms with van der Waals surface area (Å²) in [5, 5.41) is 3.83. The summed E-state index contributed by atoms with van der Waals surface area (Å²) < 4.78 is 35.8. The molecule has 1 heterocycles.